The highest BCUT2D eigenvalue weighted by Crippen LogP contribution is 2.56. The number of anilines is 1. The predicted octanol–water partition coefficient (Wildman–Crippen LogP) is 11.6. The van der Waals surface area contributed by atoms with Crippen LogP contribution in [-0.2, 0) is 9.47 Å². The monoisotopic (exact) mass is 956 g/mol. The van der Waals surface area contributed by atoms with Gasteiger partial charge in [0.2, 0.25) is 0 Å². The highest BCUT2D eigenvalue weighted by atomic mass is 28.3. The van der Waals surface area contributed by atoms with Gasteiger partial charge in [-0.05, 0) is 112 Å². The van der Waals surface area contributed by atoms with E-state index in [0.717, 1.165) is 32.1 Å². The normalized spacial score (nSPS) is 22.2. The lowest BCUT2D eigenvalue weighted by Gasteiger charge is -2.48. The number of aromatic nitrogens is 3. The van der Waals surface area contributed by atoms with Gasteiger partial charge in [-0.2, -0.15) is 18.7 Å². The maximum atomic E-state index is 18.1. The van der Waals surface area contributed by atoms with Crippen molar-refractivity contribution in [3.05, 3.63) is 59.3 Å². The fourth-order valence-electron chi connectivity index (χ4n) is 12.5. The van der Waals surface area contributed by atoms with E-state index >= 15 is 8.78 Å². The van der Waals surface area contributed by atoms with Gasteiger partial charge in [-0.3, -0.25) is 14.8 Å². The Morgan fingerprint density at radius 3 is 2.38 bits per heavy atom. The molecule has 1 spiro atoms. The molecule has 4 aliphatic heterocycles. The number of carbonyl (C=O) groups is 1. The van der Waals surface area contributed by atoms with Crippen molar-refractivity contribution in [1.29, 1.82) is 0 Å². The Morgan fingerprint density at radius 2 is 1.72 bits per heavy atom. The van der Waals surface area contributed by atoms with E-state index in [1.807, 2.05) is 30.6 Å². The molecule has 1 saturated carbocycles. The van der Waals surface area contributed by atoms with Gasteiger partial charge in [-0.15, -0.1) is 5.54 Å². The van der Waals surface area contributed by atoms with Crippen molar-refractivity contribution in [3.8, 4) is 34.5 Å². The van der Waals surface area contributed by atoms with Crippen LogP contribution in [0, 0.1) is 23.1 Å². The van der Waals surface area contributed by atoms with Gasteiger partial charge in [0.1, 0.15) is 48.9 Å². The molecule has 9 rings (SSSR count). The number of fused-ring (bicyclic) bond motifs is 6. The largest absolute Gasteiger partial charge is 0.468 e. The molecule has 1 aliphatic carbocycles. The predicted molar refractivity (Wildman–Crippen MR) is 258 cm³/mol. The van der Waals surface area contributed by atoms with Crippen molar-refractivity contribution in [2.75, 3.05) is 45.0 Å². The summed E-state index contributed by atoms with van der Waals surface area (Å²) in [6.07, 6.45) is 4.25. The number of halogens is 4. The maximum Gasteiger partial charge on any atom is 0.410 e. The van der Waals surface area contributed by atoms with E-state index < -0.39 is 42.5 Å². The molecule has 11 nitrogen and oxygen atoms in total. The number of hydrogen-bond acceptors (Lipinski definition) is 10. The SMILES string of the molecule is COCOc1cc(-c2ncc3c(N4C5CCC4C4(CC4)N(C(=O)OC(C)(C)C)C5)nc(OCC45CCCN4CC(=C(F)F)C5)nc3c2F)c2c(C#C[Si](C(C)C)(C(C)C)C(C)C)c(F)ccc2c1. The fraction of sp³-hybridized carbons (Fsp3) is 0.577. The van der Waals surface area contributed by atoms with Gasteiger partial charge in [0.15, 0.2) is 12.6 Å². The first kappa shape index (κ1) is 48.1. The molecular weight excluding hydrogens is 893 g/mol. The summed E-state index contributed by atoms with van der Waals surface area (Å²) in [5.41, 5.74) is 2.99. The molecule has 16 heteroatoms. The van der Waals surface area contributed by atoms with E-state index in [1.54, 1.807) is 24.4 Å². The Bertz CT molecular complexity index is 2720. The Balaban J connectivity index is 1.22. The first-order valence-corrected chi connectivity index (χ1v) is 26.4. The van der Waals surface area contributed by atoms with Crippen LogP contribution in [0.2, 0.25) is 16.6 Å². The molecular formula is C52H64F4N6O5Si. The van der Waals surface area contributed by atoms with Gasteiger partial charge in [0, 0.05) is 49.0 Å². The standard InChI is InChI=1S/C52H64F4N6O5Si/c1-30(2)68(31(3)4,32(5)6)21-16-37-40(53)14-12-33-22-36(66-29-64-10)23-38(42(33)37)44-43(54)45-39(25-57-44)47(59-48(58-45)65-28-51-17-11-20-60(51)26-34(24-51)46(55)56)62-35-13-15-41(62)52(18-19-52)61(27-35)49(63)67-50(7,8)9/h12,14,22-23,25,30-32,35,41H,11,13,15,17-20,24,26-29H2,1-10H3. The van der Waals surface area contributed by atoms with Crippen LogP contribution in [0.15, 0.2) is 42.1 Å². The van der Waals surface area contributed by atoms with Crippen LogP contribution in [0.25, 0.3) is 32.9 Å². The second-order valence-corrected chi connectivity index (χ2v) is 27.2. The van der Waals surface area contributed by atoms with Gasteiger partial charge < -0.3 is 23.8 Å². The van der Waals surface area contributed by atoms with Crippen LogP contribution in [0.3, 0.4) is 0 Å². The number of rotatable bonds is 11. The van der Waals surface area contributed by atoms with Crippen LogP contribution in [-0.4, -0.2) is 108 Å². The summed E-state index contributed by atoms with van der Waals surface area (Å²) in [5.74, 6) is 2.79. The van der Waals surface area contributed by atoms with Crippen LogP contribution in [0.5, 0.6) is 11.8 Å². The molecule has 6 heterocycles. The second kappa shape index (κ2) is 17.8. The summed E-state index contributed by atoms with van der Waals surface area (Å²) >= 11 is 0. The minimum absolute atomic E-state index is 0.0241. The molecule has 3 unspecified atom stereocenters. The third kappa shape index (κ3) is 8.17. The number of pyridine rings is 1. The quantitative estimate of drug-likeness (QED) is 0.0625. The number of hydrogen-bond donors (Lipinski definition) is 0. The van der Waals surface area contributed by atoms with E-state index in [4.69, 9.17) is 33.9 Å². The molecule has 5 aliphatic rings. The molecule has 1 amide bonds. The zero-order chi connectivity index (χ0) is 48.7. The minimum Gasteiger partial charge on any atom is -0.468 e. The van der Waals surface area contributed by atoms with E-state index in [9.17, 15) is 13.6 Å². The smallest absolute Gasteiger partial charge is 0.410 e. The van der Waals surface area contributed by atoms with Gasteiger partial charge in [-0.25, -0.2) is 13.6 Å². The van der Waals surface area contributed by atoms with Crippen LogP contribution >= 0.6 is 0 Å². The molecule has 2 bridgehead atoms. The lowest BCUT2D eigenvalue weighted by molar-refractivity contribution is 0.00448. The second-order valence-electron chi connectivity index (χ2n) is 21.6. The lowest BCUT2D eigenvalue weighted by atomic mass is 9.94. The van der Waals surface area contributed by atoms with Crippen LogP contribution in [0.1, 0.15) is 113 Å². The van der Waals surface area contributed by atoms with Crippen molar-refractivity contribution < 1.29 is 41.3 Å². The average Bonchev–Trinajstić information content (AvgIpc) is 3.63. The fourth-order valence-corrected chi connectivity index (χ4v) is 17.7. The van der Waals surface area contributed by atoms with Gasteiger partial charge in [0.05, 0.1) is 28.1 Å². The van der Waals surface area contributed by atoms with Crippen molar-refractivity contribution in [2.24, 2.45) is 0 Å². The molecule has 364 valence electrons. The first-order valence-electron chi connectivity index (χ1n) is 24.2. The number of ether oxygens (including phenoxy) is 4. The highest BCUT2D eigenvalue weighted by Gasteiger charge is 2.65. The third-order valence-corrected chi connectivity index (χ3v) is 21.9. The van der Waals surface area contributed by atoms with Gasteiger partial charge in [0.25, 0.3) is 6.08 Å². The first-order chi connectivity index (χ1) is 32.2. The van der Waals surface area contributed by atoms with Crippen molar-refractivity contribution in [3.63, 3.8) is 0 Å². The van der Waals surface area contributed by atoms with Crippen molar-refractivity contribution in [2.45, 2.75) is 153 Å². The van der Waals surface area contributed by atoms with Gasteiger partial charge in [-0.1, -0.05) is 53.5 Å². The number of methoxy groups -OCH3 is 1. The van der Waals surface area contributed by atoms with E-state index in [-0.39, 0.29) is 95.1 Å². The molecule has 4 saturated heterocycles. The molecule has 3 atom stereocenters. The molecule has 5 fully saturated rings. The number of amides is 1. The summed E-state index contributed by atoms with van der Waals surface area (Å²) in [5, 5.41) is 1.30. The maximum absolute atomic E-state index is 18.1. The summed E-state index contributed by atoms with van der Waals surface area (Å²) in [6.45, 7) is 19.9. The molecule has 2 aromatic carbocycles. The molecule has 2 aromatic heterocycles. The highest BCUT2D eigenvalue weighted by molar-refractivity contribution is 6.90. The summed E-state index contributed by atoms with van der Waals surface area (Å²) in [4.78, 5) is 34.6. The Labute approximate surface area is 398 Å². The molecule has 0 radical (unpaired) electrons. The van der Waals surface area contributed by atoms with E-state index in [0.29, 0.717) is 47.2 Å². The van der Waals surface area contributed by atoms with Gasteiger partial charge >= 0.3 is 12.1 Å². The molecule has 68 heavy (non-hydrogen) atoms. The van der Waals surface area contributed by atoms with Crippen LogP contribution in [0.4, 0.5) is 28.2 Å². The summed E-state index contributed by atoms with van der Waals surface area (Å²) in [6, 6.07) is 5.96. The van der Waals surface area contributed by atoms with E-state index in [1.165, 1.54) is 13.2 Å². The number of benzene rings is 2. The zero-order valence-corrected chi connectivity index (χ0v) is 42.0. The van der Waals surface area contributed by atoms with E-state index in [2.05, 4.69) is 57.9 Å². The lowest BCUT2D eigenvalue weighted by Crippen LogP contribution is -2.63. The average molecular weight is 957 g/mol. The number of nitrogens with zero attached hydrogens (tertiary/aromatic N) is 6. The topological polar surface area (TPSA) is 102 Å². The Kier molecular flexibility index (Phi) is 12.6. The van der Waals surface area contributed by atoms with Crippen LogP contribution < -0.4 is 14.4 Å². The summed E-state index contributed by atoms with van der Waals surface area (Å²) < 4.78 is 86.3. The molecule has 0 N–H and O–H groups in total. The summed E-state index contributed by atoms with van der Waals surface area (Å²) in [7, 11) is -0.857. The Morgan fingerprint density at radius 1 is 0.985 bits per heavy atom. The molecule has 4 aromatic rings. The third-order valence-electron chi connectivity index (χ3n) is 15.6. The zero-order valence-electron chi connectivity index (χ0n) is 41.0. The minimum atomic E-state index is -2.36. The van der Waals surface area contributed by atoms with Crippen molar-refractivity contribution >= 4 is 41.7 Å². The number of piperazine rings is 1. The Hall–Kier alpha value is -4.98. The number of likely N-dealkylation sites (tertiary alicyclic amines) is 1. The number of carbonyl (C=O) groups excluding carboxylic acids is 1. The van der Waals surface area contributed by atoms with Crippen molar-refractivity contribution in [1.82, 2.24) is 24.8 Å².